The fraction of sp³-hybridized carbons (Fsp3) is 0.467. The molecule has 102 valence electrons. The van der Waals surface area contributed by atoms with Gasteiger partial charge in [-0.15, -0.1) is 0 Å². The van der Waals surface area contributed by atoms with E-state index in [1.54, 1.807) is 31.0 Å². The lowest BCUT2D eigenvalue weighted by molar-refractivity contribution is -0.131. The second-order valence-electron chi connectivity index (χ2n) is 5.43. The van der Waals surface area contributed by atoms with Crippen LogP contribution in [0.3, 0.4) is 0 Å². The molecule has 19 heavy (non-hydrogen) atoms. The molecule has 0 aliphatic carbocycles. The van der Waals surface area contributed by atoms with E-state index in [9.17, 15) is 9.90 Å². The van der Waals surface area contributed by atoms with E-state index >= 15 is 0 Å². The molecule has 0 spiro atoms. The first-order valence-electron chi connectivity index (χ1n) is 6.60. The Bertz CT molecular complexity index is 463. The quantitative estimate of drug-likeness (QED) is 0.844. The Morgan fingerprint density at radius 1 is 1.53 bits per heavy atom. The molecule has 0 radical (unpaired) electrons. The van der Waals surface area contributed by atoms with Crippen LogP contribution in [0.15, 0.2) is 30.5 Å². The first kappa shape index (κ1) is 13.7. The molecule has 0 bridgehead atoms. The lowest BCUT2D eigenvalue weighted by Crippen LogP contribution is -2.47. The Morgan fingerprint density at radius 3 is 2.95 bits per heavy atom. The molecule has 1 fully saturated rings. The molecule has 1 unspecified atom stereocenters. The van der Waals surface area contributed by atoms with Gasteiger partial charge in [-0.1, -0.05) is 6.07 Å². The Balaban J connectivity index is 2.06. The summed E-state index contributed by atoms with van der Waals surface area (Å²) in [5.41, 5.74) is -0.0970. The van der Waals surface area contributed by atoms with Crippen LogP contribution in [0.2, 0.25) is 0 Å². The lowest BCUT2D eigenvalue weighted by Gasteiger charge is -2.33. The van der Waals surface area contributed by atoms with Crippen LogP contribution in [0.1, 0.15) is 32.4 Å². The molecule has 1 aromatic rings. The molecule has 0 aromatic carbocycles. The van der Waals surface area contributed by atoms with Crippen LogP contribution in [-0.4, -0.2) is 39.1 Å². The summed E-state index contributed by atoms with van der Waals surface area (Å²) in [7, 11) is 0. The number of pyridine rings is 1. The predicted octanol–water partition coefficient (Wildman–Crippen LogP) is 1.86. The van der Waals surface area contributed by atoms with E-state index in [1.807, 2.05) is 18.2 Å². The zero-order valence-electron chi connectivity index (χ0n) is 11.4. The van der Waals surface area contributed by atoms with Crippen LogP contribution in [-0.2, 0) is 4.79 Å². The van der Waals surface area contributed by atoms with Gasteiger partial charge in [0.1, 0.15) is 0 Å². The Labute approximate surface area is 113 Å². The Morgan fingerprint density at radius 2 is 2.32 bits per heavy atom. The molecule has 1 aromatic heterocycles. The Kier molecular flexibility index (Phi) is 4.00. The number of likely N-dealkylation sites (tertiary alicyclic amines) is 1. The second-order valence-corrected chi connectivity index (χ2v) is 5.43. The van der Waals surface area contributed by atoms with Crippen LogP contribution in [0, 0.1) is 0 Å². The van der Waals surface area contributed by atoms with Crippen molar-refractivity contribution in [2.45, 2.75) is 38.3 Å². The van der Waals surface area contributed by atoms with Crippen molar-refractivity contribution in [3.63, 3.8) is 0 Å². The number of carbonyl (C=O) groups is 1. The smallest absolute Gasteiger partial charge is 0.246 e. The summed E-state index contributed by atoms with van der Waals surface area (Å²) in [5, 5.41) is 10.1. The lowest BCUT2D eigenvalue weighted by atomic mass is 9.96. The molecule has 4 heteroatoms. The number of hydrogen-bond acceptors (Lipinski definition) is 3. The largest absolute Gasteiger partial charge is 0.388 e. The molecule has 1 aliphatic heterocycles. The van der Waals surface area contributed by atoms with Gasteiger partial charge < -0.3 is 10.0 Å². The van der Waals surface area contributed by atoms with E-state index in [0.29, 0.717) is 6.54 Å². The van der Waals surface area contributed by atoms with Gasteiger partial charge in [-0.05, 0) is 44.9 Å². The van der Waals surface area contributed by atoms with Gasteiger partial charge in [0.05, 0.1) is 17.3 Å². The highest BCUT2D eigenvalue weighted by Gasteiger charge is 2.37. The minimum absolute atomic E-state index is 0.0599. The monoisotopic (exact) mass is 260 g/mol. The molecule has 0 saturated carbocycles. The third kappa shape index (κ3) is 3.41. The van der Waals surface area contributed by atoms with E-state index in [4.69, 9.17) is 0 Å². The fourth-order valence-corrected chi connectivity index (χ4v) is 2.49. The third-order valence-corrected chi connectivity index (χ3v) is 3.44. The summed E-state index contributed by atoms with van der Waals surface area (Å²) in [4.78, 5) is 18.1. The van der Waals surface area contributed by atoms with Crippen LogP contribution in [0.5, 0.6) is 0 Å². The summed E-state index contributed by atoms with van der Waals surface area (Å²) in [6.45, 7) is 4.22. The van der Waals surface area contributed by atoms with E-state index in [2.05, 4.69) is 4.98 Å². The highest BCUT2D eigenvalue weighted by Crippen LogP contribution is 2.26. The average Bonchev–Trinajstić information content (AvgIpc) is 2.86. The van der Waals surface area contributed by atoms with Gasteiger partial charge >= 0.3 is 0 Å². The highest BCUT2D eigenvalue weighted by molar-refractivity contribution is 5.92. The summed E-state index contributed by atoms with van der Waals surface area (Å²) in [6, 6.07) is 5.46. The zero-order valence-corrected chi connectivity index (χ0v) is 11.4. The molecule has 2 rings (SSSR count). The first-order chi connectivity index (χ1) is 8.98. The van der Waals surface area contributed by atoms with Crippen molar-refractivity contribution in [2.75, 3.05) is 6.54 Å². The van der Waals surface area contributed by atoms with Gasteiger partial charge in [0.25, 0.3) is 0 Å². The molecule has 1 saturated heterocycles. The van der Waals surface area contributed by atoms with E-state index in [0.717, 1.165) is 18.5 Å². The number of amides is 1. The molecule has 2 heterocycles. The van der Waals surface area contributed by atoms with Crippen LogP contribution < -0.4 is 0 Å². The predicted molar refractivity (Wildman–Crippen MR) is 74.3 cm³/mol. The molecule has 1 amide bonds. The maximum atomic E-state index is 12.2. The van der Waals surface area contributed by atoms with Crippen LogP contribution in [0.25, 0.3) is 6.08 Å². The molecular formula is C15H20N2O2. The van der Waals surface area contributed by atoms with E-state index in [1.165, 1.54) is 6.08 Å². The normalized spacial score (nSPS) is 20.2. The van der Waals surface area contributed by atoms with Crippen molar-refractivity contribution >= 4 is 12.0 Å². The van der Waals surface area contributed by atoms with Crippen LogP contribution in [0.4, 0.5) is 0 Å². The number of aliphatic hydroxyl groups is 1. The number of nitrogens with zero attached hydrogens (tertiary/aromatic N) is 2. The van der Waals surface area contributed by atoms with Crippen molar-refractivity contribution < 1.29 is 9.90 Å². The maximum Gasteiger partial charge on any atom is 0.246 e. The van der Waals surface area contributed by atoms with Gasteiger partial charge in [0.15, 0.2) is 0 Å². The van der Waals surface area contributed by atoms with Crippen molar-refractivity contribution in [1.82, 2.24) is 9.88 Å². The van der Waals surface area contributed by atoms with Crippen molar-refractivity contribution in [3.8, 4) is 0 Å². The van der Waals surface area contributed by atoms with Gasteiger partial charge in [-0.2, -0.15) is 0 Å². The van der Waals surface area contributed by atoms with Gasteiger partial charge in [-0.25, -0.2) is 0 Å². The first-order valence-corrected chi connectivity index (χ1v) is 6.60. The standard InChI is InChI=1S/C15H20N2O2/c1-15(2,19)13-7-5-11-17(13)14(18)9-8-12-6-3-4-10-16-12/h3-4,6,8-10,13,19H,5,7,11H2,1-2H3/b9-8+. The summed E-state index contributed by atoms with van der Waals surface area (Å²) < 4.78 is 0. The van der Waals surface area contributed by atoms with Crippen LogP contribution >= 0.6 is 0 Å². The molecule has 4 nitrogen and oxygen atoms in total. The topological polar surface area (TPSA) is 53.4 Å². The molecule has 1 aliphatic rings. The maximum absolute atomic E-state index is 12.2. The summed E-state index contributed by atoms with van der Waals surface area (Å²) in [5.74, 6) is -0.0599. The van der Waals surface area contributed by atoms with Crippen molar-refractivity contribution in [1.29, 1.82) is 0 Å². The van der Waals surface area contributed by atoms with Crippen molar-refractivity contribution in [3.05, 3.63) is 36.2 Å². The summed E-state index contributed by atoms with van der Waals surface area (Å²) in [6.07, 6.45) is 6.73. The van der Waals surface area contributed by atoms with E-state index in [-0.39, 0.29) is 11.9 Å². The fourth-order valence-electron chi connectivity index (χ4n) is 2.49. The highest BCUT2D eigenvalue weighted by atomic mass is 16.3. The minimum atomic E-state index is -0.856. The van der Waals surface area contributed by atoms with Gasteiger partial charge in [0.2, 0.25) is 5.91 Å². The minimum Gasteiger partial charge on any atom is -0.388 e. The summed E-state index contributed by atoms with van der Waals surface area (Å²) >= 11 is 0. The molecular weight excluding hydrogens is 240 g/mol. The van der Waals surface area contributed by atoms with Gasteiger partial charge in [0, 0.05) is 18.8 Å². The van der Waals surface area contributed by atoms with E-state index < -0.39 is 5.60 Å². The number of rotatable bonds is 3. The average molecular weight is 260 g/mol. The SMILES string of the molecule is CC(C)(O)C1CCCN1C(=O)/C=C/c1ccccn1. The second kappa shape index (κ2) is 5.53. The van der Waals surface area contributed by atoms with Crippen molar-refractivity contribution in [2.24, 2.45) is 0 Å². The number of aromatic nitrogens is 1. The zero-order chi connectivity index (χ0) is 13.9. The third-order valence-electron chi connectivity index (χ3n) is 3.44. The molecule has 1 N–H and O–H groups in total. The number of carbonyl (C=O) groups excluding carboxylic acids is 1. The molecule has 1 atom stereocenters. The van der Waals surface area contributed by atoms with Gasteiger partial charge in [-0.3, -0.25) is 9.78 Å². The number of hydrogen-bond donors (Lipinski definition) is 1. The Hall–Kier alpha value is -1.68.